The molecule has 0 saturated carbocycles. The summed E-state index contributed by atoms with van der Waals surface area (Å²) < 4.78 is 32.6. The minimum absolute atomic E-state index is 0.0813. The lowest BCUT2D eigenvalue weighted by molar-refractivity contribution is -0.140. The number of carbonyl (C=O) groups is 2. The first-order valence-corrected chi connectivity index (χ1v) is 12.2. The minimum atomic E-state index is -3.69. The number of hydrogen-bond acceptors (Lipinski definition) is 6. The first kappa shape index (κ1) is 21.9. The second-order valence-corrected chi connectivity index (χ2v) is 10.1. The van der Waals surface area contributed by atoms with E-state index in [4.69, 9.17) is 4.74 Å². The molecule has 10 heteroatoms. The van der Waals surface area contributed by atoms with Gasteiger partial charge in [-0.2, -0.15) is 4.31 Å². The molecule has 2 N–H and O–H groups in total. The molecule has 29 heavy (non-hydrogen) atoms. The van der Waals surface area contributed by atoms with Crippen molar-refractivity contribution in [3.05, 3.63) is 29.2 Å². The number of nitrogens with zero attached hydrogens (tertiary/aromatic N) is 1. The average Bonchev–Trinajstić information content (AvgIpc) is 3.29. The molecule has 0 spiro atoms. The Morgan fingerprint density at radius 2 is 2.03 bits per heavy atom. The van der Waals surface area contributed by atoms with E-state index in [2.05, 4.69) is 16.7 Å². The molecular formula is C19H27N3O5S2. The van der Waals surface area contributed by atoms with Gasteiger partial charge in [0.2, 0.25) is 0 Å². The maximum atomic E-state index is 12.8. The molecule has 1 aromatic rings. The van der Waals surface area contributed by atoms with E-state index in [0.717, 1.165) is 30.6 Å². The van der Waals surface area contributed by atoms with Gasteiger partial charge in [0.05, 0.1) is 13.2 Å². The summed E-state index contributed by atoms with van der Waals surface area (Å²) in [6, 6.07) is 3.21. The highest BCUT2D eigenvalue weighted by Crippen LogP contribution is 2.25. The molecule has 1 saturated heterocycles. The third-order valence-electron chi connectivity index (χ3n) is 4.97. The fourth-order valence-corrected chi connectivity index (χ4v) is 6.12. The van der Waals surface area contributed by atoms with Crippen LogP contribution in [0.3, 0.4) is 0 Å². The second kappa shape index (κ2) is 10.3. The Hall–Kier alpha value is -1.75. The largest absolute Gasteiger partial charge is 0.360 e. The van der Waals surface area contributed by atoms with Crippen molar-refractivity contribution in [3.63, 3.8) is 0 Å². The zero-order valence-electron chi connectivity index (χ0n) is 16.3. The second-order valence-electron chi connectivity index (χ2n) is 7.05. The first-order valence-electron chi connectivity index (χ1n) is 9.89. The Balaban J connectivity index is 1.48. The van der Waals surface area contributed by atoms with Gasteiger partial charge < -0.3 is 15.4 Å². The molecule has 1 aliphatic carbocycles. The molecule has 160 valence electrons. The molecule has 1 atom stereocenters. The van der Waals surface area contributed by atoms with E-state index >= 15 is 0 Å². The van der Waals surface area contributed by atoms with Gasteiger partial charge in [-0.25, -0.2) is 8.42 Å². The van der Waals surface area contributed by atoms with Crippen molar-refractivity contribution in [2.75, 3.05) is 26.2 Å². The summed E-state index contributed by atoms with van der Waals surface area (Å²) in [4.78, 5) is 24.1. The smallest absolute Gasteiger partial charge is 0.309 e. The highest BCUT2D eigenvalue weighted by Gasteiger charge is 2.35. The van der Waals surface area contributed by atoms with Crippen molar-refractivity contribution in [2.24, 2.45) is 0 Å². The molecule has 1 unspecified atom stereocenters. The lowest BCUT2D eigenvalue weighted by Gasteiger charge is -2.34. The standard InChI is InChI=1S/C19H27N3O5S2/c23-18(20-10-9-15-6-2-1-3-7-15)19(24)21-14-16-22(11-5-12-27-16)29(25,26)17-8-4-13-28-17/h4,6,8,13,16H,1-3,5,7,9-12,14H2,(H,20,23)(H,21,24). The van der Waals surface area contributed by atoms with Crippen LogP contribution >= 0.6 is 11.3 Å². The highest BCUT2D eigenvalue weighted by molar-refractivity contribution is 7.91. The Labute approximate surface area is 175 Å². The molecule has 1 aliphatic heterocycles. The van der Waals surface area contributed by atoms with E-state index in [1.807, 2.05) is 0 Å². The minimum Gasteiger partial charge on any atom is -0.360 e. The SMILES string of the molecule is O=C(NCCC1=CCCCC1)C(=O)NCC1OCCCN1S(=O)(=O)c1cccs1. The number of hydrogen-bond donors (Lipinski definition) is 2. The first-order chi connectivity index (χ1) is 14.0. The average molecular weight is 442 g/mol. The van der Waals surface area contributed by atoms with Gasteiger partial charge in [-0.1, -0.05) is 17.7 Å². The summed E-state index contributed by atoms with van der Waals surface area (Å²) in [6.45, 7) is 1.04. The molecule has 0 bridgehead atoms. The van der Waals surface area contributed by atoms with E-state index < -0.39 is 28.1 Å². The molecular weight excluding hydrogens is 414 g/mol. The van der Waals surface area contributed by atoms with Crippen molar-refractivity contribution in [2.45, 2.75) is 49.0 Å². The normalized spacial score (nSPS) is 20.7. The maximum Gasteiger partial charge on any atom is 0.309 e. The van der Waals surface area contributed by atoms with Crippen LogP contribution in [-0.2, 0) is 24.3 Å². The number of sulfonamides is 1. The van der Waals surface area contributed by atoms with Crippen LogP contribution in [0.1, 0.15) is 38.5 Å². The van der Waals surface area contributed by atoms with Crippen molar-refractivity contribution in [1.82, 2.24) is 14.9 Å². The zero-order chi connectivity index (χ0) is 20.7. The highest BCUT2D eigenvalue weighted by atomic mass is 32.2. The number of ether oxygens (including phenoxy) is 1. The van der Waals surface area contributed by atoms with Gasteiger partial charge in [0.15, 0.2) is 0 Å². The monoisotopic (exact) mass is 441 g/mol. The van der Waals surface area contributed by atoms with Gasteiger partial charge in [-0.3, -0.25) is 9.59 Å². The Kier molecular flexibility index (Phi) is 7.82. The Bertz CT molecular complexity index is 836. The Morgan fingerprint density at radius 3 is 2.76 bits per heavy atom. The van der Waals surface area contributed by atoms with Crippen LogP contribution in [0.4, 0.5) is 0 Å². The van der Waals surface area contributed by atoms with E-state index in [-0.39, 0.29) is 10.8 Å². The summed E-state index contributed by atoms with van der Waals surface area (Å²) in [5, 5.41) is 6.81. The number of carbonyl (C=O) groups excluding carboxylic acids is 2. The van der Waals surface area contributed by atoms with E-state index in [1.54, 1.807) is 17.5 Å². The van der Waals surface area contributed by atoms with Gasteiger partial charge >= 0.3 is 11.8 Å². The summed E-state index contributed by atoms with van der Waals surface area (Å²) >= 11 is 1.13. The van der Waals surface area contributed by atoms with E-state index in [9.17, 15) is 18.0 Å². The van der Waals surface area contributed by atoms with Crippen LogP contribution < -0.4 is 10.6 Å². The molecule has 1 fully saturated rings. The molecule has 0 radical (unpaired) electrons. The van der Waals surface area contributed by atoms with Crippen LogP contribution in [0.2, 0.25) is 0 Å². The number of nitrogens with one attached hydrogen (secondary N) is 2. The molecule has 3 rings (SSSR count). The number of thiophene rings is 1. The molecule has 0 aromatic carbocycles. The third-order valence-corrected chi connectivity index (χ3v) is 8.23. The maximum absolute atomic E-state index is 12.8. The molecule has 2 aliphatic rings. The summed E-state index contributed by atoms with van der Waals surface area (Å²) in [6.07, 6.45) is 7.21. The predicted octanol–water partition coefficient (Wildman–Crippen LogP) is 1.61. The van der Waals surface area contributed by atoms with Gasteiger partial charge in [0.1, 0.15) is 10.4 Å². The van der Waals surface area contributed by atoms with Gasteiger partial charge in [-0.05, 0) is 50.0 Å². The third kappa shape index (κ3) is 5.88. The van der Waals surface area contributed by atoms with Crippen LogP contribution in [0.15, 0.2) is 33.4 Å². The Morgan fingerprint density at radius 1 is 1.21 bits per heavy atom. The van der Waals surface area contributed by atoms with Crippen LogP contribution in [0.25, 0.3) is 0 Å². The van der Waals surface area contributed by atoms with E-state index in [1.165, 1.54) is 22.7 Å². The number of rotatable bonds is 7. The van der Waals surface area contributed by atoms with Crippen LogP contribution in [-0.4, -0.2) is 57.0 Å². The summed E-state index contributed by atoms with van der Waals surface area (Å²) in [7, 11) is -3.69. The number of allylic oxidation sites excluding steroid dienone is 1. The zero-order valence-corrected chi connectivity index (χ0v) is 17.9. The van der Waals surface area contributed by atoms with E-state index in [0.29, 0.717) is 26.1 Å². The fraction of sp³-hybridized carbons (Fsp3) is 0.579. The summed E-state index contributed by atoms with van der Waals surface area (Å²) in [5.74, 6) is -1.50. The fourth-order valence-electron chi connectivity index (χ4n) is 3.44. The lowest BCUT2D eigenvalue weighted by atomic mass is 9.97. The van der Waals surface area contributed by atoms with Crippen molar-refractivity contribution >= 4 is 33.2 Å². The van der Waals surface area contributed by atoms with Crippen molar-refractivity contribution in [1.29, 1.82) is 0 Å². The topological polar surface area (TPSA) is 105 Å². The van der Waals surface area contributed by atoms with Crippen LogP contribution in [0, 0.1) is 0 Å². The lowest BCUT2D eigenvalue weighted by Crippen LogP contribution is -2.53. The molecule has 1 aromatic heterocycles. The van der Waals surface area contributed by atoms with Gasteiger partial charge in [-0.15, -0.1) is 11.3 Å². The molecule has 2 amide bonds. The molecule has 8 nitrogen and oxygen atoms in total. The molecule has 2 heterocycles. The quantitative estimate of drug-likeness (QED) is 0.494. The van der Waals surface area contributed by atoms with Crippen molar-refractivity contribution < 1.29 is 22.7 Å². The van der Waals surface area contributed by atoms with Crippen LogP contribution in [0.5, 0.6) is 0 Å². The van der Waals surface area contributed by atoms with Gasteiger partial charge in [0.25, 0.3) is 10.0 Å². The van der Waals surface area contributed by atoms with Crippen molar-refractivity contribution in [3.8, 4) is 0 Å². The number of amides is 2. The predicted molar refractivity (Wildman–Crippen MR) is 110 cm³/mol. The van der Waals surface area contributed by atoms with Gasteiger partial charge in [0, 0.05) is 13.1 Å². The summed E-state index contributed by atoms with van der Waals surface area (Å²) in [5.41, 5.74) is 1.32.